The minimum atomic E-state index is -0.0442. The Kier molecular flexibility index (Phi) is 3.95. The Bertz CT molecular complexity index is 501. The average molecular weight is 241 g/mol. The van der Waals surface area contributed by atoms with Gasteiger partial charge in [-0.2, -0.15) is 0 Å². The van der Waals surface area contributed by atoms with Crippen LogP contribution in [0.25, 0.3) is 0 Å². The van der Waals surface area contributed by atoms with Crippen LogP contribution in [-0.2, 0) is 6.42 Å². The van der Waals surface area contributed by atoms with E-state index < -0.39 is 0 Å². The summed E-state index contributed by atoms with van der Waals surface area (Å²) < 4.78 is 2.07. The summed E-state index contributed by atoms with van der Waals surface area (Å²) in [5.74, 6) is 0. The maximum Gasteiger partial charge on any atom is 0.0954 e. The molecule has 2 N–H and O–H groups in total. The topological polar surface area (TPSA) is 43.8 Å². The van der Waals surface area contributed by atoms with Gasteiger partial charge in [0.05, 0.1) is 18.1 Å². The Morgan fingerprint density at radius 2 is 2.11 bits per heavy atom. The second-order valence-electron chi connectivity index (χ2n) is 4.50. The van der Waals surface area contributed by atoms with Crippen molar-refractivity contribution in [3.8, 4) is 0 Å². The highest BCUT2D eigenvalue weighted by Crippen LogP contribution is 2.19. The van der Waals surface area contributed by atoms with Crippen LogP contribution in [0.1, 0.15) is 30.3 Å². The molecule has 94 valence electrons. The zero-order chi connectivity index (χ0) is 13.0. The standard InChI is InChI=1S/C15H19N3/c1-3-12(2)18-11-17-10-15(18)14(16)9-13-7-5-4-6-8-13/h3-8,10-12,14H,1,9,16H2,2H3/t12?,14-/m1/s1. The van der Waals surface area contributed by atoms with Crippen molar-refractivity contribution in [2.45, 2.75) is 25.4 Å². The molecule has 0 radical (unpaired) electrons. The van der Waals surface area contributed by atoms with Crippen molar-refractivity contribution in [1.82, 2.24) is 9.55 Å². The van der Waals surface area contributed by atoms with Gasteiger partial charge in [-0.05, 0) is 18.9 Å². The third kappa shape index (κ3) is 2.68. The lowest BCUT2D eigenvalue weighted by atomic mass is 10.0. The number of hydrogen-bond donors (Lipinski definition) is 1. The van der Waals surface area contributed by atoms with Crippen LogP contribution in [0.3, 0.4) is 0 Å². The van der Waals surface area contributed by atoms with Crippen LogP contribution in [0.2, 0.25) is 0 Å². The zero-order valence-corrected chi connectivity index (χ0v) is 10.7. The number of allylic oxidation sites excluding steroid dienone is 1. The number of rotatable bonds is 5. The molecule has 0 amide bonds. The number of benzene rings is 1. The predicted octanol–water partition coefficient (Wildman–Crippen LogP) is 2.87. The highest BCUT2D eigenvalue weighted by molar-refractivity contribution is 5.19. The molecule has 0 aliphatic carbocycles. The summed E-state index contributed by atoms with van der Waals surface area (Å²) in [5, 5.41) is 0. The van der Waals surface area contributed by atoms with Gasteiger partial charge in [0.25, 0.3) is 0 Å². The Morgan fingerprint density at radius 1 is 1.39 bits per heavy atom. The van der Waals surface area contributed by atoms with E-state index in [1.54, 1.807) is 0 Å². The van der Waals surface area contributed by atoms with Crippen LogP contribution in [0, 0.1) is 0 Å². The first-order valence-corrected chi connectivity index (χ1v) is 6.16. The summed E-state index contributed by atoms with van der Waals surface area (Å²) in [6, 6.07) is 10.4. The molecule has 0 aliphatic heterocycles. The van der Waals surface area contributed by atoms with Crippen molar-refractivity contribution < 1.29 is 0 Å². The predicted molar refractivity (Wildman–Crippen MR) is 74.2 cm³/mol. The van der Waals surface area contributed by atoms with Crippen molar-refractivity contribution in [3.05, 3.63) is 66.8 Å². The second kappa shape index (κ2) is 5.65. The minimum Gasteiger partial charge on any atom is -0.326 e. The summed E-state index contributed by atoms with van der Waals surface area (Å²) in [5.41, 5.74) is 8.56. The maximum absolute atomic E-state index is 6.27. The van der Waals surface area contributed by atoms with Crippen LogP contribution in [0.5, 0.6) is 0 Å². The molecular weight excluding hydrogens is 222 g/mol. The van der Waals surface area contributed by atoms with Gasteiger partial charge in [-0.25, -0.2) is 4.98 Å². The van der Waals surface area contributed by atoms with Crippen molar-refractivity contribution in [3.63, 3.8) is 0 Å². The van der Waals surface area contributed by atoms with Crippen LogP contribution in [-0.4, -0.2) is 9.55 Å². The number of imidazole rings is 1. The molecule has 2 atom stereocenters. The van der Waals surface area contributed by atoms with E-state index in [0.717, 1.165) is 12.1 Å². The molecule has 18 heavy (non-hydrogen) atoms. The molecule has 0 saturated heterocycles. The third-order valence-electron chi connectivity index (χ3n) is 3.15. The second-order valence-corrected chi connectivity index (χ2v) is 4.50. The first-order valence-electron chi connectivity index (χ1n) is 6.16. The van der Waals surface area contributed by atoms with E-state index in [0.29, 0.717) is 0 Å². The Hall–Kier alpha value is -1.87. The van der Waals surface area contributed by atoms with E-state index in [9.17, 15) is 0 Å². The van der Waals surface area contributed by atoms with Gasteiger partial charge in [-0.15, -0.1) is 6.58 Å². The molecule has 0 bridgehead atoms. The van der Waals surface area contributed by atoms with E-state index >= 15 is 0 Å². The molecule has 1 aromatic heterocycles. The molecule has 0 spiro atoms. The number of aromatic nitrogens is 2. The highest BCUT2D eigenvalue weighted by atomic mass is 15.1. The normalized spacial score (nSPS) is 14.1. The van der Waals surface area contributed by atoms with E-state index in [1.165, 1.54) is 5.56 Å². The lowest BCUT2D eigenvalue weighted by molar-refractivity contribution is 0.576. The molecule has 1 heterocycles. The van der Waals surface area contributed by atoms with Crippen LogP contribution in [0.4, 0.5) is 0 Å². The number of nitrogens with two attached hydrogens (primary N) is 1. The van der Waals surface area contributed by atoms with Crippen molar-refractivity contribution in [1.29, 1.82) is 0 Å². The van der Waals surface area contributed by atoms with Gasteiger partial charge in [0, 0.05) is 12.2 Å². The minimum absolute atomic E-state index is 0.0442. The molecule has 2 aromatic rings. The van der Waals surface area contributed by atoms with Crippen molar-refractivity contribution in [2.75, 3.05) is 0 Å². The van der Waals surface area contributed by atoms with Gasteiger partial charge in [-0.1, -0.05) is 36.4 Å². The van der Waals surface area contributed by atoms with E-state index in [1.807, 2.05) is 36.8 Å². The van der Waals surface area contributed by atoms with E-state index in [2.05, 4.69) is 35.2 Å². The molecule has 0 fully saturated rings. The maximum atomic E-state index is 6.27. The van der Waals surface area contributed by atoms with Crippen LogP contribution in [0.15, 0.2) is 55.5 Å². The van der Waals surface area contributed by atoms with Crippen molar-refractivity contribution in [2.24, 2.45) is 5.73 Å². The fourth-order valence-corrected chi connectivity index (χ4v) is 2.03. The number of nitrogens with zero attached hydrogens (tertiary/aromatic N) is 2. The van der Waals surface area contributed by atoms with Crippen LogP contribution < -0.4 is 5.73 Å². The molecule has 1 unspecified atom stereocenters. The lowest BCUT2D eigenvalue weighted by Gasteiger charge is -2.17. The highest BCUT2D eigenvalue weighted by Gasteiger charge is 2.14. The smallest absolute Gasteiger partial charge is 0.0954 e. The fourth-order valence-electron chi connectivity index (χ4n) is 2.03. The lowest BCUT2D eigenvalue weighted by Crippen LogP contribution is -2.18. The molecule has 2 rings (SSSR count). The summed E-state index contributed by atoms with van der Waals surface area (Å²) >= 11 is 0. The third-order valence-corrected chi connectivity index (χ3v) is 3.15. The van der Waals surface area contributed by atoms with Gasteiger partial charge in [0.15, 0.2) is 0 Å². The first kappa shape index (κ1) is 12.6. The first-order chi connectivity index (χ1) is 8.72. The van der Waals surface area contributed by atoms with E-state index in [-0.39, 0.29) is 12.1 Å². The monoisotopic (exact) mass is 241 g/mol. The fraction of sp³-hybridized carbons (Fsp3) is 0.267. The quantitative estimate of drug-likeness (QED) is 0.818. The van der Waals surface area contributed by atoms with Gasteiger partial charge in [0.2, 0.25) is 0 Å². The number of hydrogen-bond acceptors (Lipinski definition) is 2. The summed E-state index contributed by atoms with van der Waals surface area (Å²) in [7, 11) is 0. The van der Waals surface area contributed by atoms with Gasteiger partial charge in [-0.3, -0.25) is 0 Å². The molecule has 1 aromatic carbocycles. The van der Waals surface area contributed by atoms with Gasteiger partial charge < -0.3 is 10.3 Å². The molecule has 3 heteroatoms. The summed E-state index contributed by atoms with van der Waals surface area (Å²) in [4.78, 5) is 4.19. The molecular formula is C15H19N3. The molecule has 0 saturated carbocycles. The average Bonchev–Trinajstić information content (AvgIpc) is 2.88. The summed E-state index contributed by atoms with van der Waals surface area (Å²) in [6.45, 7) is 5.89. The van der Waals surface area contributed by atoms with Crippen molar-refractivity contribution >= 4 is 0 Å². The summed E-state index contributed by atoms with van der Waals surface area (Å²) in [6.07, 6.45) is 6.36. The zero-order valence-electron chi connectivity index (χ0n) is 10.7. The SMILES string of the molecule is C=CC(C)n1cncc1[C@H](N)Cc1ccccc1. The Morgan fingerprint density at radius 3 is 2.78 bits per heavy atom. The molecule has 3 nitrogen and oxygen atoms in total. The van der Waals surface area contributed by atoms with Gasteiger partial charge >= 0.3 is 0 Å². The Labute approximate surface area is 108 Å². The van der Waals surface area contributed by atoms with E-state index in [4.69, 9.17) is 5.73 Å². The molecule has 0 aliphatic rings. The Balaban J connectivity index is 2.17. The largest absolute Gasteiger partial charge is 0.326 e. The van der Waals surface area contributed by atoms with Gasteiger partial charge in [0.1, 0.15) is 0 Å². The van der Waals surface area contributed by atoms with Crippen LogP contribution >= 0.6 is 0 Å².